The van der Waals surface area contributed by atoms with E-state index < -0.39 is 0 Å². The number of hydrogen-bond acceptors (Lipinski definition) is 3. The van der Waals surface area contributed by atoms with Crippen molar-refractivity contribution in [1.82, 2.24) is 10.2 Å². The molecule has 0 fully saturated rings. The van der Waals surface area contributed by atoms with Gasteiger partial charge in [-0.2, -0.15) is 0 Å². The highest BCUT2D eigenvalue weighted by molar-refractivity contribution is 6.42. The van der Waals surface area contributed by atoms with E-state index in [9.17, 15) is 4.79 Å². The molecule has 0 saturated heterocycles. The third kappa shape index (κ3) is 4.09. The van der Waals surface area contributed by atoms with Gasteiger partial charge in [0.1, 0.15) is 5.75 Å². The molecule has 4 nitrogen and oxygen atoms in total. The molecule has 0 aliphatic carbocycles. The first-order chi connectivity index (χ1) is 12.0. The lowest BCUT2D eigenvalue weighted by Crippen LogP contribution is -2.34. The molecule has 1 heterocycles. The molecule has 1 unspecified atom stereocenters. The summed E-state index contributed by atoms with van der Waals surface area (Å²) in [6.07, 6.45) is 0.930. The van der Waals surface area contributed by atoms with Gasteiger partial charge in [-0.1, -0.05) is 35.3 Å². The Morgan fingerprint density at radius 3 is 2.72 bits per heavy atom. The number of nitrogens with zero attached hydrogens (tertiary/aromatic N) is 1. The highest BCUT2D eigenvalue weighted by Crippen LogP contribution is 2.29. The van der Waals surface area contributed by atoms with Gasteiger partial charge >= 0.3 is 0 Å². The summed E-state index contributed by atoms with van der Waals surface area (Å²) in [5.41, 5.74) is 2.87. The molecule has 1 N–H and O–H groups in total. The second kappa shape index (κ2) is 7.65. The largest absolute Gasteiger partial charge is 0.493 e. The molecule has 25 heavy (non-hydrogen) atoms. The quantitative estimate of drug-likeness (QED) is 0.855. The molecular formula is C19H20Cl2N2O2. The third-order valence-corrected chi connectivity index (χ3v) is 5.10. The molecule has 0 saturated carbocycles. The fourth-order valence-electron chi connectivity index (χ4n) is 2.94. The van der Waals surface area contributed by atoms with Gasteiger partial charge in [-0.3, -0.25) is 4.79 Å². The van der Waals surface area contributed by atoms with Crippen LogP contribution < -0.4 is 10.1 Å². The zero-order chi connectivity index (χ0) is 18.0. The normalized spacial score (nSPS) is 14.1. The van der Waals surface area contributed by atoms with E-state index in [2.05, 4.69) is 22.3 Å². The maximum atomic E-state index is 12.4. The number of nitrogens with one attached hydrogen (secondary N) is 1. The van der Waals surface area contributed by atoms with Crippen molar-refractivity contribution < 1.29 is 9.53 Å². The van der Waals surface area contributed by atoms with Gasteiger partial charge in [0.25, 0.3) is 5.91 Å². The number of amides is 1. The summed E-state index contributed by atoms with van der Waals surface area (Å²) in [5.74, 6) is 0.788. The summed E-state index contributed by atoms with van der Waals surface area (Å²) in [5, 5.41) is 3.79. The van der Waals surface area contributed by atoms with Gasteiger partial charge < -0.3 is 15.0 Å². The van der Waals surface area contributed by atoms with Gasteiger partial charge in [0.15, 0.2) is 0 Å². The highest BCUT2D eigenvalue weighted by atomic mass is 35.5. The first-order valence-corrected chi connectivity index (χ1v) is 8.86. The zero-order valence-electron chi connectivity index (χ0n) is 14.2. The number of hydrogen-bond donors (Lipinski definition) is 1. The number of carbonyl (C=O) groups is 1. The number of halogens is 2. The lowest BCUT2D eigenvalue weighted by atomic mass is 10.0. The average Bonchev–Trinajstić information content (AvgIpc) is 3.04. The Morgan fingerprint density at radius 1 is 1.20 bits per heavy atom. The van der Waals surface area contributed by atoms with Gasteiger partial charge in [-0.15, -0.1) is 0 Å². The molecule has 1 atom stereocenters. The lowest BCUT2D eigenvalue weighted by Gasteiger charge is -2.25. The van der Waals surface area contributed by atoms with Crippen LogP contribution in [0.4, 0.5) is 0 Å². The maximum Gasteiger partial charge on any atom is 0.251 e. The lowest BCUT2D eigenvalue weighted by molar-refractivity contribution is 0.0942. The molecule has 2 aromatic carbocycles. The molecule has 1 aliphatic rings. The van der Waals surface area contributed by atoms with E-state index in [4.69, 9.17) is 27.9 Å². The molecule has 0 radical (unpaired) electrons. The van der Waals surface area contributed by atoms with Gasteiger partial charge in [0.05, 0.1) is 22.7 Å². The molecule has 3 rings (SSSR count). The van der Waals surface area contributed by atoms with Crippen LogP contribution in [0.15, 0.2) is 36.4 Å². The van der Waals surface area contributed by atoms with Crippen LogP contribution in [0.5, 0.6) is 5.75 Å². The standard InChI is InChI=1S/C19H20Cl2N2O2/c1-23(2)17(12-4-6-18-13(9-12)7-8-25-18)11-22-19(24)14-3-5-15(20)16(21)10-14/h3-6,9-10,17H,7-8,11H2,1-2H3,(H,22,24). The minimum Gasteiger partial charge on any atom is -0.493 e. The SMILES string of the molecule is CN(C)C(CNC(=O)c1ccc(Cl)c(Cl)c1)c1ccc2c(c1)CCO2. The smallest absolute Gasteiger partial charge is 0.251 e. The Labute approximate surface area is 157 Å². The van der Waals surface area contributed by atoms with Crippen molar-refractivity contribution in [2.24, 2.45) is 0 Å². The topological polar surface area (TPSA) is 41.6 Å². The predicted octanol–water partition coefficient (Wildman–Crippen LogP) is 3.96. The number of ether oxygens (including phenoxy) is 1. The summed E-state index contributed by atoms with van der Waals surface area (Å²) in [7, 11) is 4.00. The first kappa shape index (κ1) is 18.1. The summed E-state index contributed by atoms with van der Waals surface area (Å²) in [4.78, 5) is 14.5. The Kier molecular flexibility index (Phi) is 5.52. The Bertz CT molecular complexity index is 793. The van der Waals surface area contributed by atoms with Gasteiger partial charge in [0, 0.05) is 18.5 Å². The van der Waals surface area contributed by atoms with Crippen molar-refractivity contribution in [3.63, 3.8) is 0 Å². The van der Waals surface area contributed by atoms with E-state index in [0.29, 0.717) is 22.2 Å². The Morgan fingerprint density at radius 2 is 2.00 bits per heavy atom. The van der Waals surface area contributed by atoms with Crippen molar-refractivity contribution in [1.29, 1.82) is 0 Å². The first-order valence-electron chi connectivity index (χ1n) is 8.11. The van der Waals surface area contributed by atoms with Gasteiger partial charge in [-0.25, -0.2) is 0 Å². The van der Waals surface area contributed by atoms with Crippen molar-refractivity contribution in [2.75, 3.05) is 27.2 Å². The fraction of sp³-hybridized carbons (Fsp3) is 0.316. The number of benzene rings is 2. The summed E-state index contributed by atoms with van der Waals surface area (Å²) < 4.78 is 5.56. The van der Waals surface area contributed by atoms with Crippen LogP contribution in [0, 0.1) is 0 Å². The molecule has 0 aromatic heterocycles. The van der Waals surface area contributed by atoms with Crippen LogP contribution in [0.2, 0.25) is 10.0 Å². The number of likely N-dealkylation sites (N-methyl/N-ethyl adjacent to an activating group) is 1. The fourth-order valence-corrected chi connectivity index (χ4v) is 3.24. The van der Waals surface area contributed by atoms with Crippen LogP contribution in [-0.2, 0) is 6.42 Å². The van der Waals surface area contributed by atoms with Crippen LogP contribution in [0.3, 0.4) is 0 Å². The summed E-state index contributed by atoms with van der Waals surface area (Å²) >= 11 is 11.9. The minimum atomic E-state index is -0.171. The second-order valence-corrected chi connectivity index (χ2v) is 7.10. The van der Waals surface area contributed by atoms with Crippen molar-refractivity contribution >= 4 is 29.1 Å². The minimum absolute atomic E-state index is 0.0672. The van der Waals surface area contributed by atoms with Gasteiger partial charge in [-0.05, 0) is 49.5 Å². The van der Waals surface area contributed by atoms with Crippen LogP contribution >= 0.6 is 23.2 Å². The number of rotatable bonds is 5. The molecule has 6 heteroatoms. The molecule has 132 valence electrons. The molecular weight excluding hydrogens is 359 g/mol. The summed E-state index contributed by atoms with van der Waals surface area (Å²) in [6.45, 7) is 1.23. The maximum absolute atomic E-state index is 12.4. The van der Waals surface area contributed by atoms with Crippen LogP contribution in [0.25, 0.3) is 0 Å². The van der Waals surface area contributed by atoms with Crippen molar-refractivity contribution in [3.8, 4) is 5.75 Å². The van der Waals surface area contributed by atoms with Crippen molar-refractivity contribution in [2.45, 2.75) is 12.5 Å². The van der Waals surface area contributed by atoms with E-state index in [1.807, 2.05) is 20.2 Å². The van der Waals surface area contributed by atoms with Crippen LogP contribution in [-0.4, -0.2) is 38.1 Å². The van der Waals surface area contributed by atoms with E-state index >= 15 is 0 Å². The number of fused-ring (bicyclic) bond motifs is 1. The van der Waals surface area contributed by atoms with Gasteiger partial charge in [0.2, 0.25) is 0 Å². The average molecular weight is 379 g/mol. The van der Waals surface area contributed by atoms with Crippen LogP contribution in [0.1, 0.15) is 27.5 Å². The number of carbonyl (C=O) groups excluding carboxylic acids is 1. The molecule has 1 aliphatic heterocycles. The van der Waals surface area contributed by atoms with E-state index in [1.165, 1.54) is 5.56 Å². The predicted molar refractivity (Wildman–Crippen MR) is 101 cm³/mol. The summed E-state index contributed by atoms with van der Waals surface area (Å²) in [6, 6.07) is 11.2. The van der Waals surface area contributed by atoms with E-state index in [1.54, 1.807) is 18.2 Å². The van der Waals surface area contributed by atoms with E-state index in [-0.39, 0.29) is 11.9 Å². The third-order valence-electron chi connectivity index (χ3n) is 4.36. The highest BCUT2D eigenvalue weighted by Gasteiger charge is 2.19. The second-order valence-electron chi connectivity index (χ2n) is 6.28. The molecule has 0 bridgehead atoms. The molecule has 0 spiro atoms. The monoisotopic (exact) mass is 378 g/mol. The zero-order valence-corrected chi connectivity index (χ0v) is 15.7. The Balaban J connectivity index is 1.72. The molecule has 1 amide bonds. The van der Waals surface area contributed by atoms with E-state index in [0.717, 1.165) is 24.3 Å². The Hall–Kier alpha value is -1.75. The van der Waals surface area contributed by atoms with Crippen molar-refractivity contribution in [3.05, 3.63) is 63.1 Å². The molecule has 2 aromatic rings.